The van der Waals surface area contributed by atoms with Crippen molar-refractivity contribution >= 4 is 5.91 Å². The number of hydrogen-bond acceptors (Lipinski definition) is 4. The number of benzene rings is 1. The second kappa shape index (κ2) is 5.37. The van der Waals surface area contributed by atoms with Crippen LogP contribution >= 0.6 is 0 Å². The number of nitrogens with zero attached hydrogens (tertiary/aromatic N) is 4. The maximum Gasteiger partial charge on any atom is 0.264 e. The van der Waals surface area contributed by atoms with Crippen LogP contribution < -0.4 is 4.74 Å². The van der Waals surface area contributed by atoms with Crippen molar-refractivity contribution in [3.8, 4) is 5.75 Å². The predicted octanol–water partition coefficient (Wildman–Crippen LogP) is 1.75. The Balaban J connectivity index is 1.49. The SMILES string of the molecule is CC(C)c1nnc2n1CCN(C(=O)[C@@H]1Cc3ccccc3O1)C2. The summed E-state index contributed by atoms with van der Waals surface area (Å²) in [4.78, 5) is 14.6. The van der Waals surface area contributed by atoms with E-state index in [0.717, 1.165) is 29.5 Å². The minimum absolute atomic E-state index is 0.0431. The average molecular weight is 312 g/mol. The highest BCUT2D eigenvalue weighted by atomic mass is 16.5. The number of rotatable bonds is 2. The summed E-state index contributed by atoms with van der Waals surface area (Å²) in [5.41, 5.74) is 1.10. The summed E-state index contributed by atoms with van der Waals surface area (Å²) in [6.45, 7) is 6.16. The molecule has 0 fully saturated rings. The van der Waals surface area contributed by atoms with Gasteiger partial charge in [0, 0.05) is 25.4 Å². The Kier molecular flexibility index (Phi) is 3.32. The van der Waals surface area contributed by atoms with E-state index in [1.54, 1.807) is 0 Å². The quantitative estimate of drug-likeness (QED) is 0.847. The second-order valence-corrected chi connectivity index (χ2v) is 6.46. The van der Waals surface area contributed by atoms with Crippen LogP contribution in [0.5, 0.6) is 5.75 Å². The predicted molar refractivity (Wildman–Crippen MR) is 84.1 cm³/mol. The maximum absolute atomic E-state index is 12.8. The van der Waals surface area contributed by atoms with Crippen molar-refractivity contribution in [2.45, 2.75) is 45.4 Å². The van der Waals surface area contributed by atoms with Gasteiger partial charge in [-0.2, -0.15) is 0 Å². The molecule has 6 nitrogen and oxygen atoms in total. The number of carbonyl (C=O) groups is 1. The van der Waals surface area contributed by atoms with E-state index in [0.29, 0.717) is 25.4 Å². The molecule has 0 saturated heterocycles. The lowest BCUT2D eigenvalue weighted by molar-refractivity contribution is -0.139. The van der Waals surface area contributed by atoms with Crippen molar-refractivity contribution in [2.75, 3.05) is 6.54 Å². The normalized spacial score (nSPS) is 19.4. The molecule has 0 N–H and O–H groups in total. The van der Waals surface area contributed by atoms with E-state index in [1.165, 1.54) is 0 Å². The molecule has 1 aromatic carbocycles. The van der Waals surface area contributed by atoms with Crippen LogP contribution in [0.15, 0.2) is 24.3 Å². The Morgan fingerprint density at radius 2 is 2.09 bits per heavy atom. The average Bonchev–Trinajstić information content (AvgIpc) is 3.17. The van der Waals surface area contributed by atoms with Gasteiger partial charge in [0.2, 0.25) is 0 Å². The summed E-state index contributed by atoms with van der Waals surface area (Å²) >= 11 is 0. The third-order valence-corrected chi connectivity index (χ3v) is 4.53. The van der Waals surface area contributed by atoms with E-state index in [9.17, 15) is 4.79 Å². The van der Waals surface area contributed by atoms with Crippen LogP contribution in [-0.4, -0.2) is 38.2 Å². The second-order valence-electron chi connectivity index (χ2n) is 6.46. The highest BCUT2D eigenvalue weighted by Crippen LogP contribution is 2.29. The largest absolute Gasteiger partial charge is 0.480 e. The number of aromatic nitrogens is 3. The van der Waals surface area contributed by atoms with Crippen LogP contribution in [0.3, 0.4) is 0 Å². The van der Waals surface area contributed by atoms with Crippen molar-refractivity contribution in [1.29, 1.82) is 0 Å². The van der Waals surface area contributed by atoms with E-state index in [-0.39, 0.29) is 5.91 Å². The van der Waals surface area contributed by atoms with Crippen LogP contribution in [0.2, 0.25) is 0 Å². The number of carbonyl (C=O) groups excluding carboxylic acids is 1. The van der Waals surface area contributed by atoms with E-state index in [1.807, 2.05) is 29.2 Å². The highest BCUT2D eigenvalue weighted by molar-refractivity contribution is 5.82. The molecule has 120 valence electrons. The maximum atomic E-state index is 12.8. The van der Waals surface area contributed by atoms with Crippen molar-refractivity contribution in [2.24, 2.45) is 0 Å². The first-order chi connectivity index (χ1) is 11.1. The molecule has 6 heteroatoms. The fourth-order valence-corrected chi connectivity index (χ4v) is 3.32. The minimum Gasteiger partial charge on any atom is -0.480 e. The Morgan fingerprint density at radius 1 is 1.26 bits per heavy atom. The third-order valence-electron chi connectivity index (χ3n) is 4.53. The van der Waals surface area contributed by atoms with E-state index >= 15 is 0 Å². The lowest BCUT2D eigenvalue weighted by atomic mass is 10.1. The summed E-state index contributed by atoms with van der Waals surface area (Å²) in [6, 6.07) is 7.85. The molecular weight excluding hydrogens is 292 g/mol. The molecule has 2 aliphatic heterocycles. The van der Waals surface area contributed by atoms with Crippen LogP contribution in [0.25, 0.3) is 0 Å². The van der Waals surface area contributed by atoms with Gasteiger partial charge < -0.3 is 14.2 Å². The summed E-state index contributed by atoms with van der Waals surface area (Å²) in [5.74, 6) is 3.07. The van der Waals surface area contributed by atoms with Gasteiger partial charge in [-0.1, -0.05) is 32.0 Å². The summed E-state index contributed by atoms with van der Waals surface area (Å²) < 4.78 is 7.96. The van der Waals surface area contributed by atoms with Gasteiger partial charge in [0.1, 0.15) is 11.6 Å². The molecule has 4 rings (SSSR count). The number of ether oxygens (including phenoxy) is 1. The van der Waals surface area contributed by atoms with Crippen molar-refractivity contribution in [3.63, 3.8) is 0 Å². The van der Waals surface area contributed by atoms with Crippen molar-refractivity contribution in [1.82, 2.24) is 19.7 Å². The molecule has 1 aromatic heterocycles. The lowest BCUT2D eigenvalue weighted by Gasteiger charge is -2.29. The van der Waals surface area contributed by atoms with Crippen LogP contribution in [0.4, 0.5) is 0 Å². The zero-order valence-electron chi connectivity index (χ0n) is 13.4. The molecule has 0 saturated carbocycles. The zero-order valence-corrected chi connectivity index (χ0v) is 13.4. The zero-order chi connectivity index (χ0) is 16.0. The number of para-hydroxylation sites is 1. The molecule has 0 aliphatic carbocycles. The summed E-state index contributed by atoms with van der Waals surface area (Å²) in [7, 11) is 0. The molecule has 2 aliphatic rings. The Bertz CT molecular complexity index is 728. The van der Waals surface area contributed by atoms with Gasteiger partial charge in [0.25, 0.3) is 5.91 Å². The first kappa shape index (κ1) is 14.2. The smallest absolute Gasteiger partial charge is 0.264 e. The number of hydrogen-bond donors (Lipinski definition) is 0. The Hall–Kier alpha value is -2.37. The van der Waals surface area contributed by atoms with E-state index in [2.05, 4.69) is 28.6 Å². The molecule has 0 unspecified atom stereocenters. The molecule has 0 bridgehead atoms. The molecule has 23 heavy (non-hydrogen) atoms. The third kappa shape index (κ3) is 2.38. The lowest BCUT2D eigenvalue weighted by Crippen LogP contribution is -2.45. The Morgan fingerprint density at radius 3 is 2.87 bits per heavy atom. The van der Waals surface area contributed by atoms with Crippen molar-refractivity contribution in [3.05, 3.63) is 41.5 Å². The fourth-order valence-electron chi connectivity index (χ4n) is 3.32. The minimum atomic E-state index is -0.411. The molecule has 2 aromatic rings. The van der Waals surface area contributed by atoms with Gasteiger partial charge in [-0.15, -0.1) is 10.2 Å². The monoisotopic (exact) mass is 312 g/mol. The number of amides is 1. The summed E-state index contributed by atoms with van der Waals surface area (Å²) in [6.07, 6.45) is 0.238. The van der Waals surface area contributed by atoms with Gasteiger partial charge in [-0.25, -0.2) is 0 Å². The number of fused-ring (bicyclic) bond motifs is 2. The highest BCUT2D eigenvalue weighted by Gasteiger charge is 2.34. The first-order valence-electron chi connectivity index (χ1n) is 8.09. The Labute approximate surface area is 135 Å². The van der Waals surface area contributed by atoms with Crippen molar-refractivity contribution < 1.29 is 9.53 Å². The van der Waals surface area contributed by atoms with Gasteiger partial charge in [-0.3, -0.25) is 4.79 Å². The molecule has 3 heterocycles. The van der Waals surface area contributed by atoms with Gasteiger partial charge in [0.05, 0.1) is 6.54 Å². The van der Waals surface area contributed by atoms with Gasteiger partial charge in [-0.05, 0) is 11.6 Å². The van der Waals surface area contributed by atoms with Gasteiger partial charge >= 0.3 is 0 Å². The standard InChI is InChI=1S/C17H20N4O2/c1-11(2)16-19-18-15-10-20(7-8-21(15)16)17(22)14-9-12-5-3-4-6-13(12)23-14/h3-6,11,14H,7-10H2,1-2H3/t14-/m0/s1. The summed E-state index contributed by atoms with van der Waals surface area (Å²) in [5, 5.41) is 8.52. The van der Waals surface area contributed by atoms with Crippen LogP contribution in [-0.2, 0) is 24.3 Å². The van der Waals surface area contributed by atoms with E-state index in [4.69, 9.17) is 4.74 Å². The molecule has 1 atom stereocenters. The first-order valence-corrected chi connectivity index (χ1v) is 8.09. The molecule has 0 spiro atoms. The van der Waals surface area contributed by atoms with Gasteiger partial charge in [0.15, 0.2) is 11.9 Å². The fraction of sp³-hybridized carbons (Fsp3) is 0.471. The molecular formula is C17H20N4O2. The van der Waals surface area contributed by atoms with Crippen LogP contribution in [0, 0.1) is 0 Å². The van der Waals surface area contributed by atoms with Crippen LogP contribution in [0.1, 0.15) is 37.0 Å². The topological polar surface area (TPSA) is 60.2 Å². The molecule has 1 amide bonds. The molecule has 0 radical (unpaired) electrons. The van der Waals surface area contributed by atoms with E-state index < -0.39 is 6.10 Å².